The van der Waals surface area contributed by atoms with Crippen molar-refractivity contribution in [1.29, 1.82) is 0 Å². The summed E-state index contributed by atoms with van der Waals surface area (Å²) in [5.74, 6) is -1.59. The first-order valence-electron chi connectivity index (χ1n) is 5.30. The van der Waals surface area contributed by atoms with Crippen molar-refractivity contribution in [3.05, 3.63) is 47.2 Å². The maximum atomic E-state index is 13.8. The highest BCUT2D eigenvalue weighted by Crippen LogP contribution is 2.29. The summed E-state index contributed by atoms with van der Waals surface area (Å²) >= 11 is 10.2. The van der Waals surface area contributed by atoms with Crippen LogP contribution in [0.4, 0.5) is 14.5 Å². The first kappa shape index (κ1) is 14.4. The molecule has 0 spiro atoms. The number of rotatable bonds is 3. The predicted molar refractivity (Wildman–Crippen MR) is 76.1 cm³/mol. The fraction of sp³-hybridized carbons (Fsp3) is 0. The van der Waals surface area contributed by atoms with Gasteiger partial charge < -0.3 is 15.8 Å². The van der Waals surface area contributed by atoms with Gasteiger partial charge in [0.15, 0.2) is 22.5 Å². The van der Waals surface area contributed by atoms with Gasteiger partial charge in [-0.1, -0.05) is 11.6 Å². The van der Waals surface area contributed by atoms with E-state index in [-0.39, 0.29) is 27.5 Å². The molecule has 3 N–H and O–H groups in total. The third kappa shape index (κ3) is 3.52. The summed E-state index contributed by atoms with van der Waals surface area (Å²) in [6.07, 6.45) is 1.38. The van der Waals surface area contributed by atoms with Crippen molar-refractivity contribution in [1.82, 2.24) is 4.98 Å². The Bertz CT molecular complexity index is 669. The molecule has 0 bridgehead atoms. The highest BCUT2D eigenvalue weighted by molar-refractivity contribution is 7.80. The Hall–Kier alpha value is -1.99. The van der Waals surface area contributed by atoms with Gasteiger partial charge in [-0.15, -0.1) is 0 Å². The molecule has 0 amide bonds. The lowest BCUT2D eigenvalue weighted by molar-refractivity contribution is 0.436. The summed E-state index contributed by atoms with van der Waals surface area (Å²) in [5, 5.41) is 2.33. The van der Waals surface area contributed by atoms with Gasteiger partial charge in [0, 0.05) is 24.4 Å². The van der Waals surface area contributed by atoms with Crippen LogP contribution in [-0.4, -0.2) is 10.1 Å². The van der Waals surface area contributed by atoms with E-state index in [0.717, 1.165) is 12.1 Å². The van der Waals surface area contributed by atoms with Gasteiger partial charge in [-0.2, -0.15) is 0 Å². The molecule has 104 valence electrons. The van der Waals surface area contributed by atoms with Crippen LogP contribution in [0.5, 0.6) is 11.5 Å². The largest absolute Gasteiger partial charge is 0.454 e. The number of thiocarbonyl (C=S) groups is 1. The number of ether oxygens (including phenoxy) is 1. The average Bonchev–Trinajstić information content (AvgIpc) is 2.35. The van der Waals surface area contributed by atoms with E-state index in [2.05, 4.69) is 22.5 Å². The average molecular weight is 316 g/mol. The Morgan fingerprint density at radius 3 is 2.70 bits per heavy atom. The van der Waals surface area contributed by atoms with Gasteiger partial charge in [0.25, 0.3) is 0 Å². The van der Waals surface area contributed by atoms with Gasteiger partial charge in [-0.25, -0.2) is 13.8 Å². The third-order valence-corrected chi connectivity index (χ3v) is 2.51. The number of aromatic nitrogens is 1. The van der Waals surface area contributed by atoms with Crippen molar-refractivity contribution >= 4 is 34.6 Å². The Balaban J connectivity index is 2.29. The molecule has 2 rings (SSSR count). The molecule has 0 atom stereocenters. The number of halogens is 3. The zero-order valence-electron chi connectivity index (χ0n) is 9.86. The van der Waals surface area contributed by atoms with Crippen molar-refractivity contribution < 1.29 is 13.5 Å². The van der Waals surface area contributed by atoms with Crippen molar-refractivity contribution in [2.45, 2.75) is 0 Å². The number of pyridine rings is 1. The van der Waals surface area contributed by atoms with Crippen molar-refractivity contribution in [2.75, 3.05) is 5.32 Å². The van der Waals surface area contributed by atoms with Crippen LogP contribution >= 0.6 is 23.8 Å². The molecule has 0 radical (unpaired) electrons. The number of benzene rings is 1. The fourth-order valence-corrected chi connectivity index (χ4v) is 1.68. The topological polar surface area (TPSA) is 60.2 Å². The van der Waals surface area contributed by atoms with E-state index in [1.807, 2.05) is 0 Å². The second-order valence-electron chi connectivity index (χ2n) is 3.67. The Kier molecular flexibility index (Phi) is 4.31. The minimum atomic E-state index is -0.780. The molecule has 1 aromatic carbocycles. The normalized spacial score (nSPS) is 10.2. The second kappa shape index (κ2) is 5.98. The van der Waals surface area contributed by atoms with Crippen LogP contribution in [0.2, 0.25) is 5.15 Å². The van der Waals surface area contributed by atoms with E-state index in [9.17, 15) is 8.78 Å². The maximum Gasteiger partial charge on any atom is 0.168 e. The number of anilines is 1. The molecule has 1 heterocycles. The van der Waals surface area contributed by atoms with Gasteiger partial charge in [-0.05, 0) is 18.3 Å². The monoisotopic (exact) mass is 315 g/mol. The minimum Gasteiger partial charge on any atom is -0.454 e. The maximum absolute atomic E-state index is 13.8. The third-order valence-electron chi connectivity index (χ3n) is 2.21. The van der Waals surface area contributed by atoms with Gasteiger partial charge >= 0.3 is 0 Å². The Morgan fingerprint density at radius 1 is 1.30 bits per heavy atom. The lowest BCUT2D eigenvalue weighted by atomic mass is 10.2. The number of nitrogens with zero attached hydrogens (tertiary/aromatic N) is 1. The lowest BCUT2D eigenvalue weighted by Crippen LogP contribution is -2.19. The minimum absolute atomic E-state index is 0.169. The predicted octanol–water partition coefficient (Wildman–Crippen LogP) is 3.46. The highest BCUT2D eigenvalue weighted by atomic mass is 35.5. The number of hydrogen-bond acceptors (Lipinski definition) is 3. The molecule has 2 aromatic rings. The van der Waals surface area contributed by atoms with Crippen molar-refractivity contribution in [3.63, 3.8) is 0 Å². The Morgan fingerprint density at radius 2 is 2.05 bits per heavy atom. The van der Waals surface area contributed by atoms with Crippen LogP contribution in [0.15, 0.2) is 30.5 Å². The second-order valence-corrected chi connectivity index (χ2v) is 4.50. The van der Waals surface area contributed by atoms with E-state index in [1.54, 1.807) is 0 Å². The van der Waals surface area contributed by atoms with Crippen LogP contribution in [0.1, 0.15) is 0 Å². The van der Waals surface area contributed by atoms with Crippen molar-refractivity contribution in [2.24, 2.45) is 5.73 Å². The summed E-state index contributed by atoms with van der Waals surface area (Å²) < 4.78 is 32.7. The molecule has 0 saturated heterocycles. The van der Waals surface area contributed by atoms with Gasteiger partial charge in [-0.3, -0.25) is 0 Å². The molecular weight excluding hydrogens is 308 g/mol. The van der Waals surface area contributed by atoms with Gasteiger partial charge in [0.1, 0.15) is 10.9 Å². The number of nitrogens with one attached hydrogen (secondary N) is 1. The van der Waals surface area contributed by atoms with Gasteiger partial charge in [0.2, 0.25) is 0 Å². The summed E-state index contributed by atoms with van der Waals surface area (Å²) in [5.41, 5.74) is 5.03. The lowest BCUT2D eigenvalue weighted by Gasteiger charge is -2.10. The molecule has 8 heteroatoms. The molecule has 1 aromatic heterocycles. The summed E-state index contributed by atoms with van der Waals surface area (Å²) in [6, 6.07) is 4.61. The molecule has 0 aliphatic rings. The smallest absolute Gasteiger partial charge is 0.168 e. The summed E-state index contributed by atoms with van der Waals surface area (Å²) in [4.78, 5) is 3.75. The zero-order valence-corrected chi connectivity index (χ0v) is 11.4. The first-order valence-corrected chi connectivity index (χ1v) is 6.09. The van der Waals surface area contributed by atoms with E-state index < -0.39 is 11.6 Å². The van der Waals surface area contributed by atoms with E-state index in [0.29, 0.717) is 0 Å². The van der Waals surface area contributed by atoms with Crippen LogP contribution in [-0.2, 0) is 0 Å². The van der Waals surface area contributed by atoms with Crippen LogP contribution < -0.4 is 15.8 Å². The number of hydrogen-bond donors (Lipinski definition) is 2. The van der Waals surface area contributed by atoms with Gasteiger partial charge in [0.05, 0.1) is 5.69 Å². The molecule has 0 saturated carbocycles. The van der Waals surface area contributed by atoms with Crippen LogP contribution in [0.3, 0.4) is 0 Å². The van der Waals surface area contributed by atoms with E-state index in [1.165, 1.54) is 18.3 Å². The zero-order chi connectivity index (χ0) is 14.7. The standard InChI is InChI=1S/C12H8ClF2N3OS/c13-11-3-6(1-2-17-11)19-10-5-7(14)9(4-8(10)15)18-12(16)20/h1-5H,(H3,16,18,20). The molecule has 0 aliphatic heterocycles. The number of nitrogens with two attached hydrogens (primary N) is 1. The quantitative estimate of drug-likeness (QED) is 0.671. The first-order chi connectivity index (χ1) is 9.45. The van der Waals surface area contributed by atoms with Crippen LogP contribution in [0.25, 0.3) is 0 Å². The van der Waals surface area contributed by atoms with E-state index >= 15 is 0 Å². The van der Waals surface area contributed by atoms with E-state index in [4.69, 9.17) is 22.1 Å². The summed E-state index contributed by atoms with van der Waals surface area (Å²) in [7, 11) is 0. The van der Waals surface area contributed by atoms with Crippen molar-refractivity contribution in [3.8, 4) is 11.5 Å². The highest BCUT2D eigenvalue weighted by Gasteiger charge is 2.12. The van der Waals surface area contributed by atoms with Crippen LogP contribution in [0, 0.1) is 11.6 Å². The fourth-order valence-electron chi connectivity index (χ4n) is 1.41. The molecule has 0 fully saturated rings. The molecule has 0 unspecified atom stereocenters. The molecule has 0 aliphatic carbocycles. The molecular formula is C12H8ClF2N3OS. The SMILES string of the molecule is NC(=S)Nc1cc(F)c(Oc2ccnc(Cl)c2)cc1F. The Labute approximate surface area is 123 Å². The summed E-state index contributed by atoms with van der Waals surface area (Å²) in [6.45, 7) is 0. The molecule has 20 heavy (non-hydrogen) atoms. The molecule has 4 nitrogen and oxygen atoms in total.